The zero-order valence-corrected chi connectivity index (χ0v) is 37.4. The highest BCUT2D eigenvalue weighted by atomic mass is 16.6. The van der Waals surface area contributed by atoms with Crippen molar-refractivity contribution in [2.45, 2.75) is 264 Å². The van der Waals surface area contributed by atoms with Crippen LogP contribution in [0.4, 0.5) is 0 Å². The van der Waals surface area contributed by atoms with Crippen LogP contribution in [0, 0.1) is 0 Å². The van der Waals surface area contributed by atoms with Crippen molar-refractivity contribution in [3.8, 4) is 0 Å². The van der Waals surface area contributed by atoms with Crippen molar-refractivity contribution in [1.82, 2.24) is 0 Å². The van der Waals surface area contributed by atoms with E-state index in [1.165, 1.54) is 141 Å². The summed E-state index contributed by atoms with van der Waals surface area (Å²) in [6.45, 7) is 6.59. The van der Waals surface area contributed by atoms with E-state index in [0.717, 1.165) is 77.0 Å². The first-order valence-corrected chi connectivity index (χ1v) is 24.3. The summed E-state index contributed by atoms with van der Waals surface area (Å²) in [5.41, 5.74) is 0. The molecule has 0 aromatic rings. The van der Waals surface area contributed by atoms with Gasteiger partial charge in [-0.2, -0.15) is 0 Å². The second-order valence-corrected chi connectivity index (χ2v) is 16.4. The monoisotopic (exact) mass is 789 g/mol. The Hall–Kier alpha value is -2.11. The lowest BCUT2D eigenvalue weighted by Gasteiger charge is -2.18. The average molecular weight is 789 g/mol. The van der Waals surface area contributed by atoms with Gasteiger partial charge >= 0.3 is 17.9 Å². The normalized spacial score (nSPS) is 12.1. The van der Waals surface area contributed by atoms with E-state index in [0.29, 0.717) is 19.3 Å². The Morgan fingerprint density at radius 3 is 1.04 bits per heavy atom. The standard InChI is InChI=1S/C50H92O6/c1-4-7-10-13-16-19-22-25-26-29-31-34-37-40-43-49(52)55-46-47(56-50(53)44-41-38-35-32-28-24-21-18-15-12-9-6-3)45-54-48(51)42-39-36-33-30-27-23-20-17-14-11-8-5-2/h13,16,22,25,47H,4-12,14-15,17-21,23-24,26-46H2,1-3H3/b16-13-,25-22-. The van der Waals surface area contributed by atoms with Gasteiger partial charge in [-0.05, 0) is 44.9 Å². The molecule has 0 aliphatic rings. The van der Waals surface area contributed by atoms with E-state index >= 15 is 0 Å². The maximum absolute atomic E-state index is 12.7. The van der Waals surface area contributed by atoms with Crippen LogP contribution < -0.4 is 0 Å². The fraction of sp³-hybridized carbons (Fsp3) is 0.860. The molecular formula is C50H92O6. The van der Waals surface area contributed by atoms with Crippen LogP contribution in [0.1, 0.15) is 258 Å². The number of hydrogen-bond acceptors (Lipinski definition) is 6. The SMILES string of the molecule is CCCC/C=C\C/C=C\CCCCCCCC(=O)OCC(COC(=O)CCCCCCCCCCCCCC)OC(=O)CCCCCCCCCCCCCC. The molecular weight excluding hydrogens is 697 g/mol. The first-order chi connectivity index (χ1) is 27.5. The number of unbranched alkanes of at least 4 members (excludes halogenated alkanes) is 29. The van der Waals surface area contributed by atoms with Crippen molar-refractivity contribution >= 4 is 17.9 Å². The zero-order chi connectivity index (χ0) is 40.8. The van der Waals surface area contributed by atoms with Gasteiger partial charge in [0, 0.05) is 19.3 Å². The highest BCUT2D eigenvalue weighted by Gasteiger charge is 2.19. The number of allylic oxidation sites excluding steroid dienone is 4. The summed E-state index contributed by atoms with van der Waals surface area (Å²) in [4.78, 5) is 37.8. The van der Waals surface area contributed by atoms with Crippen LogP contribution in [-0.4, -0.2) is 37.2 Å². The van der Waals surface area contributed by atoms with Gasteiger partial charge in [0.05, 0.1) is 0 Å². The van der Waals surface area contributed by atoms with Crippen molar-refractivity contribution in [2.24, 2.45) is 0 Å². The highest BCUT2D eigenvalue weighted by molar-refractivity contribution is 5.71. The summed E-state index contributed by atoms with van der Waals surface area (Å²) in [7, 11) is 0. The van der Waals surface area contributed by atoms with Gasteiger partial charge in [0.25, 0.3) is 0 Å². The fourth-order valence-corrected chi connectivity index (χ4v) is 6.99. The first kappa shape index (κ1) is 53.9. The summed E-state index contributed by atoms with van der Waals surface area (Å²) in [6, 6.07) is 0. The number of hydrogen-bond donors (Lipinski definition) is 0. The van der Waals surface area contributed by atoms with Crippen LogP contribution in [0.3, 0.4) is 0 Å². The Balaban J connectivity index is 4.36. The van der Waals surface area contributed by atoms with Crippen LogP contribution in [0.15, 0.2) is 24.3 Å². The van der Waals surface area contributed by atoms with Crippen LogP contribution >= 0.6 is 0 Å². The minimum absolute atomic E-state index is 0.0713. The van der Waals surface area contributed by atoms with Gasteiger partial charge in [0.15, 0.2) is 6.10 Å². The van der Waals surface area contributed by atoms with Gasteiger partial charge in [-0.25, -0.2) is 0 Å². The van der Waals surface area contributed by atoms with Crippen LogP contribution in [0.25, 0.3) is 0 Å². The van der Waals surface area contributed by atoms with E-state index in [9.17, 15) is 14.4 Å². The maximum atomic E-state index is 12.7. The molecule has 0 fully saturated rings. The lowest BCUT2D eigenvalue weighted by Crippen LogP contribution is -2.30. The van der Waals surface area contributed by atoms with Crippen molar-refractivity contribution in [3.05, 3.63) is 24.3 Å². The minimum atomic E-state index is -0.769. The molecule has 0 amide bonds. The maximum Gasteiger partial charge on any atom is 0.306 e. The molecule has 0 aromatic carbocycles. The molecule has 0 bridgehead atoms. The number of rotatable bonds is 44. The van der Waals surface area contributed by atoms with Crippen molar-refractivity contribution in [3.63, 3.8) is 0 Å². The molecule has 0 heterocycles. The molecule has 328 valence electrons. The van der Waals surface area contributed by atoms with E-state index in [1.54, 1.807) is 0 Å². The second-order valence-electron chi connectivity index (χ2n) is 16.4. The molecule has 0 saturated carbocycles. The number of ether oxygens (including phenoxy) is 3. The topological polar surface area (TPSA) is 78.9 Å². The molecule has 1 unspecified atom stereocenters. The molecule has 6 heteroatoms. The van der Waals surface area contributed by atoms with E-state index < -0.39 is 6.10 Å². The summed E-state index contributed by atoms with van der Waals surface area (Å²) < 4.78 is 16.7. The summed E-state index contributed by atoms with van der Waals surface area (Å²) in [5.74, 6) is -0.877. The molecule has 1 atom stereocenters. The lowest BCUT2D eigenvalue weighted by molar-refractivity contribution is -0.167. The highest BCUT2D eigenvalue weighted by Crippen LogP contribution is 2.15. The van der Waals surface area contributed by atoms with E-state index in [2.05, 4.69) is 45.1 Å². The molecule has 0 aliphatic carbocycles. The Bertz CT molecular complexity index is 911. The Morgan fingerprint density at radius 2 is 0.661 bits per heavy atom. The Morgan fingerprint density at radius 1 is 0.357 bits per heavy atom. The molecule has 0 rings (SSSR count). The minimum Gasteiger partial charge on any atom is -0.462 e. The van der Waals surface area contributed by atoms with Crippen molar-refractivity contribution in [1.29, 1.82) is 0 Å². The van der Waals surface area contributed by atoms with Gasteiger partial charge < -0.3 is 14.2 Å². The molecule has 0 radical (unpaired) electrons. The number of esters is 3. The molecule has 0 aromatic heterocycles. The largest absolute Gasteiger partial charge is 0.462 e. The molecule has 56 heavy (non-hydrogen) atoms. The molecule has 0 spiro atoms. The predicted octanol–water partition coefficient (Wildman–Crippen LogP) is 15.6. The number of carbonyl (C=O) groups excluding carboxylic acids is 3. The summed E-state index contributed by atoms with van der Waals surface area (Å²) >= 11 is 0. The average Bonchev–Trinajstić information content (AvgIpc) is 3.19. The van der Waals surface area contributed by atoms with Gasteiger partial charge in [-0.1, -0.05) is 218 Å². The van der Waals surface area contributed by atoms with Crippen molar-refractivity contribution < 1.29 is 28.6 Å². The molecule has 6 nitrogen and oxygen atoms in total. The summed E-state index contributed by atoms with van der Waals surface area (Å²) in [6.07, 6.45) is 50.1. The number of carbonyl (C=O) groups is 3. The fourth-order valence-electron chi connectivity index (χ4n) is 6.99. The summed E-state index contributed by atoms with van der Waals surface area (Å²) in [5, 5.41) is 0. The van der Waals surface area contributed by atoms with Crippen LogP contribution in [-0.2, 0) is 28.6 Å². The second kappa shape index (κ2) is 45.6. The van der Waals surface area contributed by atoms with Crippen LogP contribution in [0.2, 0.25) is 0 Å². The Labute approximate surface area is 347 Å². The quantitative estimate of drug-likeness (QED) is 0.0265. The third-order valence-electron chi connectivity index (χ3n) is 10.7. The van der Waals surface area contributed by atoms with Gasteiger partial charge in [0.1, 0.15) is 13.2 Å². The van der Waals surface area contributed by atoms with Crippen molar-refractivity contribution in [2.75, 3.05) is 13.2 Å². The molecule has 0 saturated heterocycles. The van der Waals surface area contributed by atoms with E-state index in [1.807, 2.05) is 0 Å². The predicted molar refractivity (Wildman–Crippen MR) is 238 cm³/mol. The lowest BCUT2D eigenvalue weighted by atomic mass is 10.0. The van der Waals surface area contributed by atoms with Crippen LogP contribution in [0.5, 0.6) is 0 Å². The van der Waals surface area contributed by atoms with E-state index in [4.69, 9.17) is 14.2 Å². The zero-order valence-electron chi connectivity index (χ0n) is 37.4. The molecule has 0 N–H and O–H groups in total. The van der Waals surface area contributed by atoms with Gasteiger partial charge in [-0.3, -0.25) is 14.4 Å². The van der Waals surface area contributed by atoms with Gasteiger partial charge in [-0.15, -0.1) is 0 Å². The first-order valence-electron chi connectivity index (χ1n) is 24.3. The van der Waals surface area contributed by atoms with E-state index in [-0.39, 0.29) is 31.1 Å². The third kappa shape index (κ3) is 43.0. The smallest absolute Gasteiger partial charge is 0.306 e. The third-order valence-corrected chi connectivity index (χ3v) is 10.7. The Kier molecular flexibility index (Phi) is 43.9. The molecule has 0 aliphatic heterocycles. The van der Waals surface area contributed by atoms with Gasteiger partial charge in [0.2, 0.25) is 0 Å².